The standard InChI is InChI=1S/C22H38N2/c1-10-15-21(7,8)16-20(11-2)14-13-19(6)23-17-24-22(9,12-3)18(4)5/h11,13-14,18H,2,10,12,15-16H2,1,3-9H3/b19-13+,20-14-. The van der Waals surface area contributed by atoms with Gasteiger partial charge in [-0.1, -0.05) is 66.7 Å². The summed E-state index contributed by atoms with van der Waals surface area (Å²) in [6.45, 7) is 21.5. The molecule has 0 aromatic rings. The normalized spacial score (nSPS) is 15.7. The van der Waals surface area contributed by atoms with Gasteiger partial charge in [0.1, 0.15) is 0 Å². The highest BCUT2D eigenvalue weighted by molar-refractivity contribution is 5.45. The molecule has 0 aliphatic heterocycles. The minimum atomic E-state index is -0.0872. The molecule has 1 atom stereocenters. The van der Waals surface area contributed by atoms with Crippen LogP contribution in [0.15, 0.2) is 46.1 Å². The van der Waals surface area contributed by atoms with Crippen LogP contribution >= 0.6 is 0 Å². The van der Waals surface area contributed by atoms with Crippen LogP contribution in [-0.2, 0) is 0 Å². The quantitative estimate of drug-likeness (QED) is 0.298. The predicted molar refractivity (Wildman–Crippen MR) is 109 cm³/mol. The summed E-state index contributed by atoms with van der Waals surface area (Å²) in [5, 5.41) is 0. The highest BCUT2D eigenvalue weighted by atomic mass is 14.9. The second-order valence-corrected chi connectivity index (χ2v) is 8.03. The van der Waals surface area contributed by atoms with Crippen LogP contribution in [0.3, 0.4) is 0 Å². The zero-order chi connectivity index (χ0) is 18.8. The van der Waals surface area contributed by atoms with Crippen molar-refractivity contribution < 1.29 is 0 Å². The van der Waals surface area contributed by atoms with Crippen LogP contribution in [-0.4, -0.2) is 11.5 Å². The second-order valence-electron chi connectivity index (χ2n) is 8.03. The van der Waals surface area contributed by atoms with Gasteiger partial charge < -0.3 is 0 Å². The molecule has 2 heteroatoms. The first kappa shape index (κ1) is 22.6. The highest BCUT2D eigenvalue weighted by Gasteiger charge is 2.24. The van der Waals surface area contributed by atoms with E-state index in [0.29, 0.717) is 11.3 Å². The Morgan fingerprint density at radius 3 is 2.25 bits per heavy atom. The fraction of sp³-hybridized carbons (Fsp3) is 0.682. The summed E-state index contributed by atoms with van der Waals surface area (Å²) < 4.78 is 0. The first-order valence-corrected chi connectivity index (χ1v) is 9.27. The molecule has 0 amide bonds. The van der Waals surface area contributed by atoms with E-state index in [2.05, 4.69) is 77.1 Å². The number of nitrogens with zero attached hydrogens (tertiary/aromatic N) is 2. The molecule has 0 aromatic heterocycles. The van der Waals surface area contributed by atoms with E-state index < -0.39 is 0 Å². The summed E-state index contributed by atoms with van der Waals surface area (Å²) in [5.41, 5.74) is 2.38. The maximum Gasteiger partial charge on any atom is 0.0951 e. The van der Waals surface area contributed by atoms with E-state index in [4.69, 9.17) is 0 Å². The molecule has 0 aliphatic carbocycles. The third-order valence-electron chi connectivity index (χ3n) is 4.90. The fourth-order valence-electron chi connectivity index (χ4n) is 2.62. The van der Waals surface area contributed by atoms with Gasteiger partial charge in [0.25, 0.3) is 0 Å². The van der Waals surface area contributed by atoms with Crippen LogP contribution in [0.2, 0.25) is 0 Å². The summed E-state index contributed by atoms with van der Waals surface area (Å²) in [5.74, 6) is 0.475. The molecule has 0 radical (unpaired) electrons. The third-order valence-corrected chi connectivity index (χ3v) is 4.90. The molecule has 0 rings (SSSR count). The molecule has 0 saturated heterocycles. The third kappa shape index (κ3) is 8.45. The monoisotopic (exact) mass is 330 g/mol. The molecule has 0 fully saturated rings. The molecule has 0 N–H and O–H groups in total. The van der Waals surface area contributed by atoms with E-state index in [1.807, 2.05) is 19.1 Å². The Balaban J connectivity index is 5.12. The zero-order valence-corrected chi connectivity index (χ0v) is 17.2. The van der Waals surface area contributed by atoms with Gasteiger partial charge in [0.05, 0.1) is 11.5 Å². The molecule has 0 saturated carbocycles. The van der Waals surface area contributed by atoms with E-state index in [-0.39, 0.29) is 5.54 Å². The maximum absolute atomic E-state index is 4.55. The summed E-state index contributed by atoms with van der Waals surface area (Å²) >= 11 is 0. The smallest absolute Gasteiger partial charge is 0.0951 e. The van der Waals surface area contributed by atoms with Crippen LogP contribution in [0.5, 0.6) is 0 Å². The molecule has 136 valence electrons. The average molecular weight is 331 g/mol. The number of allylic oxidation sites excluding steroid dienone is 5. The molecule has 0 spiro atoms. The molecule has 0 heterocycles. The Morgan fingerprint density at radius 1 is 1.17 bits per heavy atom. The molecule has 0 aliphatic rings. The van der Waals surface area contributed by atoms with Crippen molar-refractivity contribution in [3.05, 3.63) is 36.1 Å². The largest absolute Gasteiger partial charge is 0.219 e. The van der Waals surface area contributed by atoms with Gasteiger partial charge in [-0.15, -0.1) is 0 Å². The van der Waals surface area contributed by atoms with Gasteiger partial charge >= 0.3 is 0 Å². The Hall–Kier alpha value is -1.40. The van der Waals surface area contributed by atoms with E-state index in [0.717, 1.165) is 18.5 Å². The van der Waals surface area contributed by atoms with Gasteiger partial charge in [-0.05, 0) is 56.1 Å². The predicted octanol–water partition coefficient (Wildman–Crippen LogP) is 7.22. The lowest BCUT2D eigenvalue weighted by molar-refractivity contribution is 0.330. The van der Waals surface area contributed by atoms with Crippen molar-refractivity contribution in [1.82, 2.24) is 0 Å². The molecule has 0 bridgehead atoms. The maximum atomic E-state index is 4.55. The summed E-state index contributed by atoms with van der Waals surface area (Å²) in [6.07, 6.45) is 10.5. The van der Waals surface area contributed by atoms with Crippen molar-refractivity contribution in [2.75, 3.05) is 0 Å². The fourth-order valence-corrected chi connectivity index (χ4v) is 2.62. The van der Waals surface area contributed by atoms with Crippen molar-refractivity contribution >= 4 is 6.01 Å². The zero-order valence-electron chi connectivity index (χ0n) is 17.2. The Labute approximate surface area is 150 Å². The number of hydrogen-bond donors (Lipinski definition) is 0. The van der Waals surface area contributed by atoms with Crippen LogP contribution in [0.1, 0.15) is 81.1 Å². The van der Waals surface area contributed by atoms with Gasteiger partial charge in [-0.25, -0.2) is 4.99 Å². The van der Waals surface area contributed by atoms with Gasteiger partial charge in [0, 0.05) is 5.70 Å². The number of rotatable bonds is 10. The number of hydrogen-bond acceptors (Lipinski definition) is 2. The highest BCUT2D eigenvalue weighted by Crippen LogP contribution is 2.30. The van der Waals surface area contributed by atoms with Gasteiger partial charge in [0.15, 0.2) is 0 Å². The van der Waals surface area contributed by atoms with E-state index in [1.54, 1.807) is 0 Å². The summed E-state index contributed by atoms with van der Waals surface area (Å²) in [6, 6.07) is 2.89. The lowest BCUT2D eigenvalue weighted by Crippen LogP contribution is -2.27. The second kappa shape index (κ2) is 10.5. The first-order chi connectivity index (χ1) is 11.1. The topological polar surface area (TPSA) is 24.7 Å². The van der Waals surface area contributed by atoms with E-state index >= 15 is 0 Å². The molecule has 1 unspecified atom stereocenters. The van der Waals surface area contributed by atoms with Crippen LogP contribution in [0.25, 0.3) is 0 Å². The Kier molecular flexibility index (Phi) is 9.85. The van der Waals surface area contributed by atoms with Gasteiger partial charge in [-0.3, -0.25) is 0 Å². The van der Waals surface area contributed by atoms with Gasteiger partial charge in [-0.2, -0.15) is 4.99 Å². The van der Waals surface area contributed by atoms with Crippen molar-refractivity contribution in [1.29, 1.82) is 0 Å². The Morgan fingerprint density at radius 2 is 1.79 bits per heavy atom. The van der Waals surface area contributed by atoms with Crippen molar-refractivity contribution in [2.45, 2.75) is 86.6 Å². The first-order valence-electron chi connectivity index (χ1n) is 9.27. The summed E-state index contributed by atoms with van der Waals surface area (Å²) in [7, 11) is 0. The molecular weight excluding hydrogens is 292 g/mol. The lowest BCUT2D eigenvalue weighted by atomic mass is 9.81. The Bertz CT molecular complexity index is 514. The molecule has 2 nitrogen and oxygen atoms in total. The van der Waals surface area contributed by atoms with E-state index in [9.17, 15) is 0 Å². The molecular formula is C22H38N2. The minimum absolute atomic E-state index is 0.0872. The lowest BCUT2D eigenvalue weighted by Gasteiger charge is -2.26. The molecule has 24 heavy (non-hydrogen) atoms. The van der Waals surface area contributed by atoms with Crippen LogP contribution in [0, 0.1) is 11.3 Å². The van der Waals surface area contributed by atoms with Crippen molar-refractivity contribution in [3.8, 4) is 0 Å². The minimum Gasteiger partial charge on any atom is -0.219 e. The van der Waals surface area contributed by atoms with Crippen LogP contribution < -0.4 is 0 Å². The van der Waals surface area contributed by atoms with Gasteiger partial charge in [0.2, 0.25) is 0 Å². The SMILES string of the molecule is C=C/C(=C/C=C(\C)N=C=NC(C)(CC)C(C)C)CC(C)(C)CCC. The molecule has 0 aromatic carbocycles. The van der Waals surface area contributed by atoms with Crippen LogP contribution in [0.4, 0.5) is 0 Å². The summed E-state index contributed by atoms with van der Waals surface area (Å²) in [4.78, 5) is 8.89. The van der Waals surface area contributed by atoms with Crippen molar-refractivity contribution in [2.24, 2.45) is 21.3 Å². The number of aliphatic imine (C=N–C) groups is 2. The van der Waals surface area contributed by atoms with E-state index in [1.165, 1.54) is 18.4 Å². The van der Waals surface area contributed by atoms with Crippen molar-refractivity contribution in [3.63, 3.8) is 0 Å². The average Bonchev–Trinajstić information content (AvgIpc) is 2.50.